The number of hydrogen-bond donors (Lipinski definition) is 0. The van der Waals surface area contributed by atoms with E-state index in [9.17, 15) is 4.79 Å². The van der Waals surface area contributed by atoms with Gasteiger partial charge in [0.25, 0.3) is 0 Å². The zero-order chi connectivity index (χ0) is 12.0. The highest BCUT2D eigenvalue weighted by Crippen LogP contribution is 2.17. The van der Waals surface area contributed by atoms with Gasteiger partial charge in [0.1, 0.15) is 5.15 Å². The van der Waals surface area contributed by atoms with Gasteiger partial charge in [0.2, 0.25) is 16.9 Å². The molecule has 17 heavy (non-hydrogen) atoms. The van der Waals surface area contributed by atoms with Crippen molar-refractivity contribution in [2.75, 3.05) is 0 Å². The minimum atomic E-state index is -0.141. The molecule has 5 heteroatoms. The highest BCUT2D eigenvalue weighted by atomic mass is 35.5. The van der Waals surface area contributed by atoms with Gasteiger partial charge in [-0.2, -0.15) is 0 Å². The predicted molar refractivity (Wildman–Crippen MR) is 65.3 cm³/mol. The van der Waals surface area contributed by atoms with Crippen LogP contribution in [0.25, 0.3) is 22.2 Å². The van der Waals surface area contributed by atoms with E-state index in [0.29, 0.717) is 10.8 Å². The first-order valence-electron chi connectivity index (χ1n) is 5.02. The number of rotatable bonds is 0. The van der Waals surface area contributed by atoms with Gasteiger partial charge in [-0.3, -0.25) is 4.79 Å². The molecule has 0 fully saturated rings. The van der Waals surface area contributed by atoms with Crippen molar-refractivity contribution in [1.29, 1.82) is 0 Å². The van der Waals surface area contributed by atoms with Crippen LogP contribution in [-0.2, 0) is 0 Å². The summed E-state index contributed by atoms with van der Waals surface area (Å²) in [5.74, 6) is 0. The largest absolute Gasteiger partial charge is 0.419 e. The number of nitrogens with zero attached hydrogens (tertiary/aromatic N) is 2. The van der Waals surface area contributed by atoms with E-state index >= 15 is 0 Å². The van der Waals surface area contributed by atoms with Crippen molar-refractivity contribution in [2.24, 2.45) is 0 Å². The molecular weight excluding hydrogens is 240 g/mol. The summed E-state index contributed by atoms with van der Waals surface area (Å²) < 4.78 is 5.48. The lowest BCUT2D eigenvalue weighted by Gasteiger charge is -2.00. The third-order valence-corrected chi connectivity index (χ3v) is 2.72. The van der Waals surface area contributed by atoms with Gasteiger partial charge in [-0.15, -0.1) is 0 Å². The Kier molecular flexibility index (Phi) is 2.12. The summed E-state index contributed by atoms with van der Waals surface area (Å²) in [6, 6.07) is 6.65. The number of aromatic nitrogens is 2. The first-order valence-corrected chi connectivity index (χ1v) is 5.40. The summed E-state index contributed by atoms with van der Waals surface area (Å²) in [4.78, 5) is 20.3. The van der Waals surface area contributed by atoms with E-state index in [4.69, 9.17) is 16.0 Å². The van der Waals surface area contributed by atoms with E-state index in [1.807, 2.05) is 6.92 Å². The number of fused-ring (bicyclic) bond motifs is 2. The van der Waals surface area contributed by atoms with Crippen LogP contribution in [0.4, 0.5) is 0 Å². The molecule has 0 N–H and O–H groups in total. The van der Waals surface area contributed by atoms with Gasteiger partial charge in [0, 0.05) is 5.69 Å². The second kappa shape index (κ2) is 3.53. The topological polar surface area (TPSA) is 56.0 Å². The van der Waals surface area contributed by atoms with Gasteiger partial charge < -0.3 is 4.42 Å². The standard InChI is InChI=1S/C12H7ClN2O2/c1-6-2-3-7-10(16)8-4-5-9(13)15-12(8)17-11(7)14-6/h2-5H,1H3. The third-order valence-electron chi connectivity index (χ3n) is 2.51. The number of pyridine rings is 2. The van der Waals surface area contributed by atoms with Gasteiger partial charge in [0.15, 0.2) is 0 Å². The van der Waals surface area contributed by atoms with Crippen LogP contribution in [0.2, 0.25) is 5.15 Å². The van der Waals surface area contributed by atoms with E-state index in [1.54, 1.807) is 24.3 Å². The van der Waals surface area contributed by atoms with Gasteiger partial charge in [-0.05, 0) is 31.2 Å². The van der Waals surface area contributed by atoms with Gasteiger partial charge >= 0.3 is 0 Å². The smallest absolute Gasteiger partial charge is 0.234 e. The molecule has 0 aliphatic carbocycles. The Bertz CT molecular complexity index is 732. The third kappa shape index (κ3) is 1.57. The van der Waals surface area contributed by atoms with Crippen molar-refractivity contribution in [3.63, 3.8) is 0 Å². The fourth-order valence-corrected chi connectivity index (χ4v) is 1.83. The van der Waals surface area contributed by atoms with E-state index in [1.165, 1.54) is 0 Å². The summed E-state index contributed by atoms with van der Waals surface area (Å²) in [5, 5.41) is 1.15. The van der Waals surface area contributed by atoms with E-state index in [0.717, 1.165) is 5.69 Å². The Morgan fingerprint density at radius 3 is 2.47 bits per heavy atom. The first-order chi connectivity index (χ1) is 8.15. The van der Waals surface area contributed by atoms with E-state index in [2.05, 4.69) is 9.97 Å². The van der Waals surface area contributed by atoms with Crippen molar-refractivity contribution in [3.05, 3.63) is 45.3 Å². The van der Waals surface area contributed by atoms with Crippen molar-refractivity contribution in [2.45, 2.75) is 6.92 Å². The number of hydrogen-bond acceptors (Lipinski definition) is 4. The average molecular weight is 247 g/mol. The van der Waals surface area contributed by atoms with Crippen LogP contribution in [0, 0.1) is 6.92 Å². The van der Waals surface area contributed by atoms with Crippen LogP contribution >= 0.6 is 11.6 Å². The van der Waals surface area contributed by atoms with Crippen LogP contribution in [0.1, 0.15) is 5.69 Å². The molecule has 84 valence electrons. The van der Waals surface area contributed by atoms with E-state index in [-0.39, 0.29) is 22.0 Å². The Morgan fingerprint density at radius 1 is 1.06 bits per heavy atom. The van der Waals surface area contributed by atoms with Gasteiger partial charge in [-0.25, -0.2) is 9.97 Å². The fraction of sp³-hybridized carbons (Fsp3) is 0.0833. The molecular formula is C12H7ClN2O2. The summed E-state index contributed by atoms with van der Waals surface area (Å²) in [6.07, 6.45) is 0. The van der Waals surface area contributed by atoms with Crippen molar-refractivity contribution >= 4 is 33.8 Å². The monoisotopic (exact) mass is 246 g/mol. The van der Waals surface area contributed by atoms with Crippen LogP contribution in [0.3, 0.4) is 0 Å². The maximum atomic E-state index is 12.1. The Balaban J connectivity index is 2.57. The normalized spacial score (nSPS) is 11.2. The lowest BCUT2D eigenvalue weighted by Crippen LogP contribution is -2.04. The molecule has 0 bridgehead atoms. The Hall–Kier alpha value is -1.94. The SMILES string of the molecule is Cc1ccc2c(=O)c3ccc(Cl)nc3oc2n1. The second-order valence-corrected chi connectivity index (χ2v) is 4.11. The molecule has 0 aromatic carbocycles. The second-order valence-electron chi connectivity index (χ2n) is 3.72. The summed E-state index contributed by atoms with van der Waals surface area (Å²) in [5.41, 5.74) is 1.14. The average Bonchev–Trinajstić information content (AvgIpc) is 2.28. The molecule has 3 rings (SSSR count). The fourth-order valence-electron chi connectivity index (χ4n) is 1.69. The van der Waals surface area contributed by atoms with Gasteiger partial charge in [0.05, 0.1) is 10.8 Å². The maximum Gasteiger partial charge on any atom is 0.234 e. The molecule has 3 aromatic heterocycles. The molecule has 0 saturated carbocycles. The summed E-state index contributed by atoms with van der Waals surface area (Å²) in [7, 11) is 0. The van der Waals surface area contributed by atoms with Crippen molar-refractivity contribution in [3.8, 4) is 0 Å². The van der Waals surface area contributed by atoms with Crippen molar-refractivity contribution in [1.82, 2.24) is 9.97 Å². The highest BCUT2D eigenvalue weighted by Gasteiger charge is 2.09. The summed E-state index contributed by atoms with van der Waals surface area (Å²) >= 11 is 5.76. The number of halogens is 1. The highest BCUT2D eigenvalue weighted by molar-refractivity contribution is 6.29. The molecule has 4 nitrogen and oxygen atoms in total. The molecule has 0 amide bonds. The first kappa shape index (κ1) is 10.2. The van der Waals surface area contributed by atoms with Crippen molar-refractivity contribution < 1.29 is 4.42 Å². The maximum absolute atomic E-state index is 12.1. The minimum absolute atomic E-state index is 0.141. The summed E-state index contributed by atoms with van der Waals surface area (Å²) in [6.45, 7) is 1.83. The lowest BCUT2D eigenvalue weighted by atomic mass is 10.2. The van der Waals surface area contributed by atoms with Crippen LogP contribution in [0.15, 0.2) is 33.5 Å². The molecule has 0 aliphatic rings. The van der Waals surface area contributed by atoms with Crippen LogP contribution in [-0.4, -0.2) is 9.97 Å². The zero-order valence-electron chi connectivity index (χ0n) is 8.90. The minimum Gasteiger partial charge on any atom is -0.419 e. The molecule has 3 aromatic rings. The molecule has 0 radical (unpaired) electrons. The Labute approximate surface area is 101 Å². The quantitative estimate of drug-likeness (QED) is 0.452. The molecule has 0 spiro atoms. The van der Waals surface area contributed by atoms with Crippen LogP contribution in [0.5, 0.6) is 0 Å². The molecule has 3 heterocycles. The predicted octanol–water partition coefficient (Wildman–Crippen LogP) is 2.70. The van der Waals surface area contributed by atoms with Gasteiger partial charge in [-0.1, -0.05) is 11.6 Å². The molecule has 0 saturated heterocycles. The van der Waals surface area contributed by atoms with Crippen LogP contribution < -0.4 is 5.43 Å². The molecule has 0 aliphatic heterocycles. The Morgan fingerprint density at radius 2 is 1.71 bits per heavy atom. The lowest BCUT2D eigenvalue weighted by molar-refractivity contribution is 0.629. The molecule has 0 unspecified atom stereocenters. The zero-order valence-corrected chi connectivity index (χ0v) is 9.65. The number of aryl methyl sites for hydroxylation is 1. The van der Waals surface area contributed by atoms with E-state index < -0.39 is 0 Å². The molecule has 0 atom stereocenters.